The Balaban J connectivity index is 2.22. The van der Waals surface area contributed by atoms with E-state index in [4.69, 9.17) is 17.3 Å². The van der Waals surface area contributed by atoms with Crippen molar-refractivity contribution in [3.05, 3.63) is 52.3 Å². The van der Waals surface area contributed by atoms with Gasteiger partial charge in [0.1, 0.15) is 0 Å². The molecule has 4 heteroatoms. The zero-order chi connectivity index (χ0) is 13.8. The van der Waals surface area contributed by atoms with Crippen molar-refractivity contribution in [2.75, 3.05) is 0 Å². The number of hydrogen-bond donors (Lipinski definition) is 1. The summed E-state index contributed by atoms with van der Waals surface area (Å²) < 4.78 is 1.99. The van der Waals surface area contributed by atoms with Crippen molar-refractivity contribution < 1.29 is 0 Å². The van der Waals surface area contributed by atoms with Crippen LogP contribution in [0.5, 0.6) is 0 Å². The number of rotatable bonds is 5. The molecule has 1 atom stereocenters. The minimum absolute atomic E-state index is 0.0763. The van der Waals surface area contributed by atoms with E-state index in [1.165, 1.54) is 0 Å². The molecule has 0 bridgehead atoms. The summed E-state index contributed by atoms with van der Waals surface area (Å²) in [5, 5.41) is 5.31. The van der Waals surface area contributed by atoms with Crippen molar-refractivity contribution in [3.63, 3.8) is 0 Å². The zero-order valence-corrected chi connectivity index (χ0v) is 12.2. The zero-order valence-electron chi connectivity index (χ0n) is 11.4. The fourth-order valence-corrected chi connectivity index (χ4v) is 2.43. The number of benzene rings is 1. The van der Waals surface area contributed by atoms with Crippen LogP contribution in [-0.4, -0.2) is 9.78 Å². The van der Waals surface area contributed by atoms with Crippen molar-refractivity contribution >= 4 is 11.6 Å². The lowest BCUT2D eigenvalue weighted by molar-refractivity contribution is 0.565. The highest BCUT2D eigenvalue weighted by Gasteiger charge is 2.15. The predicted molar refractivity (Wildman–Crippen MR) is 79.4 cm³/mol. The summed E-state index contributed by atoms with van der Waals surface area (Å²) in [5.74, 6) is 0. The van der Waals surface area contributed by atoms with E-state index in [-0.39, 0.29) is 6.04 Å². The molecule has 0 saturated heterocycles. The Kier molecular flexibility index (Phi) is 4.61. The first-order chi connectivity index (χ1) is 9.15. The second-order valence-corrected chi connectivity index (χ2v) is 5.04. The van der Waals surface area contributed by atoms with Crippen LogP contribution in [0.4, 0.5) is 0 Å². The molecular formula is C15H20ClN3. The lowest BCUT2D eigenvalue weighted by Gasteiger charge is -2.14. The summed E-state index contributed by atoms with van der Waals surface area (Å²) in [7, 11) is 0. The number of nitrogens with two attached hydrogens (primary N) is 1. The molecule has 1 aromatic carbocycles. The smallest absolute Gasteiger partial charge is 0.0625 e. The average Bonchev–Trinajstić information content (AvgIpc) is 2.84. The summed E-state index contributed by atoms with van der Waals surface area (Å²) in [6.07, 6.45) is 1.66. The topological polar surface area (TPSA) is 43.8 Å². The van der Waals surface area contributed by atoms with Gasteiger partial charge in [-0.15, -0.1) is 0 Å². The first kappa shape index (κ1) is 14.1. The molecule has 0 saturated carbocycles. The highest BCUT2D eigenvalue weighted by atomic mass is 35.5. The first-order valence-electron chi connectivity index (χ1n) is 6.71. The van der Waals surface area contributed by atoms with Gasteiger partial charge in [-0.25, -0.2) is 0 Å². The van der Waals surface area contributed by atoms with Gasteiger partial charge < -0.3 is 5.73 Å². The standard InChI is InChI=1S/C15H20ClN3/c1-3-12-10-15(19(4-2)18-12)14(17)9-11-7-5-6-8-13(11)16/h5-8,10,14H,3-4,9,17H2,1-2H3. The maximum atomic E-state index is 6.32. The van der Waals surface area contributed by atoms with E-state index in [1.807, 2.05) is 28.9 Å². The summed E-state index contributed by atoms with van der Waals surface area (Å²) >= 11 is 6.18. The molecule has 0 aliphatic heterocycles. The third-order valence-corrected chi connectivity index (χ3v) is 3.67. The van der Waals surface area contributed by atoms with Crippen LogP contribution in [0.2, 0.25) is 5.02 Å². The van der Waals surface area contributed by atoms with E-state index in [9.17, 15) is 0 Å². The van der Waals surface area contributed by atoms with Crippen LogP contribution in [0, 0.1) is 0 Å². The van der Waals surface area contributed by atoms with Crippen molar-refractivity contribution in [2.24, 2.45) is 5.73 Å². The largest absolute Gasteiger partial charge is 0.322 e. The Morgan fingerprint density at radius 2 is 2.05 bits per heavy atom. The SMILES string of the molecule is CCc1cc(C(N)Cc2ccccc2Cl)n(CC)n1. The molecule has 1 aromatic heterocycles. The highest BCUT2D eigenvalue weighted by molar-refractivity contribution is 6.31. The first-order valence-corrected chi connectivity index (χ1v) is 7.09. The summed E-state index contributed by atoms with van der Waals surface area (Å²) in [6.45, 7) is 5.02. The van der Waals surface area contributed by atoms with Gasteiger partial charge in [-0.3, -0.25) is 4.68 Å². The molecule has 0 amide bonds. The fourth-order valence-electron chi connectivity index (χ4n) is 2.22. The molecule has 1 heterocycles. The van der Waals surface area contributed by atoms with Crippen molar-refractivity contribution in [1.82, 2.24) is 9.78 Å². The van der Waals surface area contributed by atoms with Crippen LogP contribution in [-0.2, 0) is 19.4 Å². The fraction of sp³-hybridized carbons (Fsp3) is 0.400. The molecule has 19 heavy (non-hydrogen) atoms. The second kappa shape index (κ2) is 6.22. The Morgan fingerprint density at radius 1 is 1.32 bits per heavy atom. The van der Waals surface area contributed by atoms with Crippen LogP contribution >= 0.6 is 11.6 Å². The lowest BCUT2D eigenvalue weighted by atomic mass is 10.0. The summed E-state index contributed by atoms with van der Waals surface area (Å²) in [6, 6.07) is 9.87. The molecule has 2 rings (SSSR count). The molecule has 0 aliphatic carbocycles. The van der Waals surface area contributed by atoms with Gasteiger partial charge in [0, 0.05) is 11.6 Å². The second-order valence-electron chi connectivity index (χ2n) is 4.63. The Hall–Kier alpha value is -1.32. The predicted octanol–water partition coefficient (Wildman–Crippen LogP) is 3.36. The monoisotopic (exact) mass is 277 g/mol. The quantitative estimate of drug-likeness (QED) is 0.911. The molecule has 3 nitrogen and oxygen atoms in total. The molecular weight excluding hydrogens is 258 g/mol. The van der Waals surface area contributed by atoms with E-state index in [0.29, 0.717) is 0 Å². The van der Waals surface area contributed by atoms with Gasteiger partial charge >= 0.3 is 0 Å². The van der Waals surface area contributed by atoms with E-state index in [0.717, 1.165) is 41.4 Å². The summed E-state index contributed by atoms with van der Waals surface area (Å²) in [4.78, 5) is 0. The summed E-state index contributed by atoms with van der Waals surface area (Å²) in [5.41, 5.74) is 9.57. The molecule has 0 fully saturated rings. The third-order valence-electron chi connectivity index (χ3n) is 3.30. The van der Waals surface area contributed by atoms with Gasteiger partial charge in [-0.1, -0.05) is 36.7 Å². The lowest BCUT2D eigenvalue weighted by Crippen LogP contribution is -2.18. The van der Waals surface area contributed by atoms with Crippen LogP contribution in [0.15, 0.2) is 30.3 Å². The van der Waals surface area contributed by atoms with Crippen LogP contribution in [0.3, 0.4) is 0 Å². The number of nitrogens with zero attached hydrogens (tertiary/aromatic N) is 2. The van der Waals surface area contributed by atoms with Gasteiger partial charge in [0.05, 0.1) is 17.4 Å². The number of aryl methyl sites for hydroxylation is 2. The highest BCUT2D eigenvalue weighted by Crippen LogP contribution is 2.22. The molecule has 2 N–H and O–H groups in total. The minimum Gasteiger partial charge on any atom is -0.322 e. The van der Waals surface area contributed by atoms with E-state index >= 15 is 0 Å². The normalized spacial score (nSPS) is 12.6. The van der Waals surface area contributed by atoms with E-state index < -0.39 is 0 Å². The maximum Gasteiger partial charge on any atom is 0.0625 e. The van der Waals surface area contributed by atoms with Crippen molar-refractivity contribution in [1.29, 1.82) is 0 Å². The van der Waals surface area contributed by atoms with Gasteiger partial charge in [-0.05, 0) is 37.5 Å². The van der Waals surface area contributed by atoms with Gasteiger partial charge in [0.2, 0.25) is 0 Å². The molecule has 2 aromatic rings. The van der Waals surface area contributed by atoms with Crippen LogP contribution in [0.25, 0.3) is 0 Å². The minimum atomic E-state index is -0.0763. The van der Waals surface area contributed by atoms with Crippen LogP contribution < -0.4 is 5.73 Å². The molecule has 0 radical (unpaired) electrons. The number of aromatic nitrogens is 2. The Bertz CT molecular complexity index is 548. The van der Waals surface area contributed by atoms with Gasteiger partial charge in [0.15, 0.2) is 0 Å². The molecule has 102 valence electrons. The molecule has 0 spiro atoms. The Labute approximate surface area is 119 Å². The van der Waals surface area contributed by atoms with Crippen molar-refractivity contribution in [2.45, 2.75) is 39.3 Å². The molecule has 1 unspecified atom stereocenters. The van der Waals surface area contributed by atoms with Gasteiger partial charge in [0.25, 0.3) is 0 Å². The third kappa shape index (κ3) is 3.17. The number of hydrogen-bond acceptors (Lipinski definition) is 2. The van der Waals surface area contributed by atoms with Gasteiger partial charge in [-0.2, -0.15) is 5.10 Å². The van der Waals surface area contributed by atoms with Crippen molar-refractivity contribution in [3.8, 4) is 0 Å². The number of halogens is 1. The maximum absolute atomic E-state index is 6.32. The van der Waals surface area contributed by atoms with Crippen LogP contribution in [0.1, 0.15) is 36.8 Å². The average molecular weight is 278 g/mol. The van der Waals surface area contributed by atoms with E-state index in [1.54, 1.807) is 0 Å². The molecule has 0 aliphatic rings. The Morgan fingerprint density at radius 3 is 2.68 bits per heavy atom. The van der Waals surface area contributed by atoms with E-state index in [2.05, 4.69) is 25.0 Å².